The summed E-state index contributed by atoms with van der Waals surface area (Å²) in [6, 6.07) is 9.85. The van der Waals surface area contributed by atoms with E-state index in [2.05, 4.69) is 0 Å². The number of carboxylic acids is 1. The third-order valence-electron chi connectivity index (χ3n) is 1.82. The molecule has 13 heavy (non-hydrogen) atoms. The molecule has 1 aliphatic carbocycles. The summed E-state index contributed by atoms with van der Waals surface area (Å²) < 4.78 is 0. The lowest BCUT2D eigenvalue weighted by Gasteiger charge is -2.00. The first kappa shape index (κ1) is 8.26. The Morgan fingerprint density at radius 1 is 1.31 bits per heavy atom. The Balaban J connectivity index is 2.38. The lowest BCUT2D eigenvalue weighted by atomic mass is 10.2. The van der Waals surface area contributed by atoms with Crippen molar-refractivity contribution < 1.29 is 9.90 Å². The van der Waals surface area contributed by atoms with E-state index in [1.54, 1.807) is 11.3 Å². The fourth-order valence-corrected chi connectivity index (χ4v) is 2.26. The summed E-state index contributed by atoms with van der Waals surface area (Å²) in [6.07, 6.45) is 0.117. The summed E-state index contributed by atoms with van der Waals surface area (Å²) in [5.74, 6) is -0.776. The highest BCUT2D eigenvalue weighted by atomic mass is 32.1. The van der Waals surface area contributed by atoms with E-state index in [1.807, 2.05) is 30.3 Å². The van der Waals surface area contributed by atoms with E-state index in [4.69, 9.17) is 5.11 Å². The van der Waals surface area contributed by atoms with Crippen LogP contribution in [0.2, 0.25) is 0 Å². The summed E-state index contributed by atoms with van der Waals surface area (Å²) in [7, 11) is 0. The molecule has 0 saturated carbocycles. The van der Waals surface area contributed by atoms with Gasteiger partial charge < -0.3 is 5.11 Å². The van der Waals surface area contributed by atoms with Gasteiger partial charge in [0.1, 0.15) is 0 Å². The van der Waals surface area contributed by atoms with E-state index >= 15 is 0 Å². The topological polar surface area (TPSA) is 37.3 Å². The predicted octanol–water partition coefficient (Wildman–Crippen LogP) is 2.48. The van der Waals surface area contributed by atoms with Crippen LogP contribution in [0.3, 0.4) is 0 Å². The van der Waals surface area contributed by atoms with Gasteiger partial charge in [-0.05, 0) is 17.7 Å². The Morgan fingerprint density at radius 3 is 2.92 bits per heavy atom. The summed E-state index contributed by atoms with van der Waals surface area (Å²) >= 11 is 1.54. The van der Waals surface area contributed by atoms with Gasteiger partial charge in [-0.2, -0.15) is 0 Å². The molecule has 2 nitrogen and oxygen atoms in total. The van der Waals surface area contributed by atoms with Crippen LogP contribution >= 0.6 is 11.3 Å². The number of hydrogen-bond acceptors (Lipinski definition) is 2. The molecule has 0 saturated heterocycles. The molecule has 0 atom stereocenters. The molecule has 3 heteroatoms. The first-order valence-electron chi connectivity index (χ1n) is 3.95. The zero-order chi connectivity index (χ0) is 9.26. The first-order chi connectivity index (χ1) is 6.25. The van der Waals surface area contributed by atoms with Crippen LogP contribution < -0.4 is 0 Å². The van der Waals surface area contributed by atoms with Crippen LogP contribution in [0, 0.1) is 0 Å². The number of carboxylic acid groups (broad SMARTS) is 1. The number of rotatable bonds is 2. The highest BCUT2D eigenvalue weighted by Gasteiger charge is 2.06. The van der Waals surface area contributed by atoms with Gasteiger partial charge >= 0.3 is 5.97 Å². The molecular weight excluding hydrogens is 184 g/mol. The highest BCUT2D eigenvalue weighted by Crippen LogP contribution is 2.29. The molecule has 0 aromatic rings. The van der Waals surface area contributed by atoms with E-state index in [1.165, 1.54) is 5.56 Å². The standard InChI is InChI=1S/C10H8O2S/c11-10(12)6-8-5-4-7-2-1-3-9(7)13-8/h1-5H,6H2,(H,11,12). The van der Waals surface area contributed by atoms with Crippen LogP contribution in [0.25, 0.3) is 10.4 Å². The molecule has 0 fully saturated rings. The molecular formula is C10H8O2S. The smallest absolute Gasteiger partial charge is 0.308 e. The Kier molecular flexibility index (Phi) is 2.02. The SMILES string of the molecule is O=C(O)Cc1ccc2cccc-2s1. The maximum absolute atomic E-state index is 10.4. The average Bonchev–Trinajstić information content (AvgIpc) is 2.49. The van der Waals surface area contributed by atoms with Crippen molar-refractivity contribution in [3.8, 4) is 10.4 Å². The monoisotopic (exact) mass is 192 g/mol. The Hall–Kier alpha value is -1.35. The van der Waals surface area contributed by atoms with Crippen molar-refractivity contribution in [1.29, 1.82) is 0 Å². The second-order valence-corrected chi connectivity index (χ2v) is 3.99. The van der Waals surface area contributed by atoms with Crippen molar-refractivity contribution in [2.45, 2.75) is 6.42 Å². The van der Waals surface area contributed by atoms with E-state index in [-0.39, 0.29) is 6.42 Å². The third kappa shape index (κ3) is 1.70. The molecule has 1 heterocycles. The number of fused-ring (bicyclic) bond motifs is 1. The van der Waals surface area contributed by atoms with Crippen molar-refractivity contribution >= 4 is 17.3 Å². The van der Waals surface area contributed by atoms with Crippen molar-refractivity contribution in [2.75, 3.05) is 0 Å². The summed E-state index contributed by atoms with van der Waals surface area (Å²) in [5, 5.41) is 8.60. The van der Waals surface area contributed by atoms with Gasteiger partial charge in [-0.3, -0.25) is 4.79 Å². The molecule has 1 N–H and O–H groups in total. The molecule has 0 spiro atoms. The van der Waals surface area contributed by atoms with Crippen LogP contribution in [-0.4, -0.2) is 11.1 Å². The normalized spacial score (nSPS) is 10.5. The van der Waals surface area contributed by atoms with Crippen molar-refractivity contribution in [3.05, 3.63) is 35.2 Å². The molecule has 2 aliphatic rings. The Morgan fingerprint density at radius 2 is 2.15 bits per heavy atom. The van der Waals surface area contributed by atoms with Crippen LogP contribution in [0.4, 0.5) is 0 Å². The zero-order valence-electron chi connectivity index (χ0n) is 6.86. The average molecular weight is 192 g/mol. The minimum absolute atomic E-state index is 0.117. The fourth-order valence-electron chi connectivity index (χ4n) is 1.25. The molecule has 66 valence electrons. The highest BCUT2D eigenvalue weighted by molar-refractivity contribution is 7.15. The molecule has 0 bridgehead atoms. The molecule has 0 amide bonds. The van der Waals surface area contributed by atoms with Crippen LogP contribution in [-0.2, 0) is 11.2 Å². The van der Waals surface area contributed by atoms with E-state index in [0.29, 0.717) is 0 Å². The van der Waals surface area contributed by atoms with Crippen LogP contribution in [0.15, 0.2) is 30.3 Å². The lowest BCUT2D eigenvalue weighted by molar-refractivity contribution is -0.136. The lowest BCUT2D eigenvalue weighted by Crippen LogP contribution is -1.98. The van der Waals surface area contributed by atoms with Gasteiger partial charge in [0.05, 0.1) is 6.42 Å². The Labute approximate surface area is 79.8 Å². The fraction of sp³-hybridized carbons (Fsp3) is 0.100. The summed E-state index contributed by atoms with van der Waals surface area (Å²) in [4.78, 5) is 12.5. The van der Waals surface area contributed by atoms with Gasteiger partial charge in [0, 0.05) is 9.75 Å². The molecule has 0 radical (unpaired) electrons. The maximum atomic E-state index is 10.4. The van der Waals surface area contributed by atoms with Gasteiger partial charge in [0.2, 0.25) is 0 Å². The largest absolute Gasteiger partial charge is 0.481 e. The second kappa shape index (κ2) is 3.18. The minimum Gasteiger partial charge on any atom is -0.481 e. The molecule has 0 aromatic carbocycles. The first-order valence-corrected chi connectivity index (χ1v) is 4.76. The van der Waals surface area contributed by atoms with E-state index in [9.17, 15) is 4.79 Å². The number of carbonyl (C=O) groups is 1. The second-order valence-electron chi connectivity index (χ2n) is 2.82. The molecule has 2 rings (SSSR count). The van der Waals surface area contributed by atoms with Gasteiger partial charge in [-0.15, -0.1) is 11.3 Å². The number of hydrogen-bond donors (Lipinski definition) is 1. The van der Waals surface area contributed by atoms with Gasteiger partial charge in [0.15, 0.2) is 0 Å². The maximum Gasteiger partial charge on any atom is 0.308 e. The van der Waals surface area contributed by atoms with Crippen molar-refractivity contribution in [2.24, 2.45) is 0 Å². The third-order valence-corrected chi connectivity index (χ3v) is 2.96. The predicted molar refractivity (Wildman–Crippen MR) is 52.3 cm³/mol. The van der Waals surface area contributed by atoms with Crippen LogP contribution in [0.1, 0.15) is 4.88 Å². The van der Waals surface area contributed by atoms with Crippen molar-refractivity contribution in [3.63, 3.8) is 0 Å². The zero-order valence-corrected chi connectivity index (χ0v) is 7.67. The minimum atomic E-state index is -0.776. The summed E-state index contributed by atoms with van der Waals surface area (Å²) in [5.41, 5.74) is 1.18. The number of aliphatic carboxylic acids is 1. The summed E-state index contributed by atoms with van der Waals surface area (Å²) in [6.45, 7) is 0. The van der Waals surface area contributed by atoms with E-state index in [0.717, 1.165) is 9.75 Å². The Bertz CT molecular complexity index is 405. The van der Waals surface area contributed by atoms with Crippen molar-refractivity contribution in [1.82, 2.24) is 0 Å². The van der Waals surface area contributed by atoms with Gasteiger partial charge in [0.25, 0.3) is 0 Å². The van der Waals surface area contributed by atoms with Crippen LogP contribution in [0.5, 0.6) is 0 Å². The molecule has 0 unspecified atom stereocenters. The van der Waals surface area contributed by atoms with E-state index < -0.39 is 5.97 Å². The van der Waals surface area contributed by atoms with Gasteiger partial charge in [-0.1, -0.05) is 18.2 Å². The molecule has 0 aromatic heterocycles. The molecule has 1 aliphatic heterocycles. The quantitative estimate of drug-likeness (QED) is 0.793. The van der Waals surface area contributed by atoms with Gasteiger partial charge in [-0.25, -0.2) is 0 Å².